The summed E-state index contributed by atoms with van der Waals surface area (Å²) in [5, 5.41) is 6.94. The molecule has 2 heterocycles. The summed E-state index contributed by atoms with van der Waals surface area (Å²) in [5.74, 6) is 0. The molecule has 0 aliphatic carbocycles. The number of hydrogen-bond donors (Lipinski definition) is 1. The zero-order valence-electron chi connectivity index (χ0n) is 11.6. The van der Waals surface area contributed by atoms with Crippen molar-refractivity contribution >= 4 is 6.03 Å². The van der Waals surface area contributed by atoms with Gasteiger partial charge in [0, 0.05) is 45.6 Å². The summed E-state index contributed by atoms with van der Waals surface area (Å²) in [5.41, 5.74) is 0.998. The van der Waals surface area contributed by atoms with Crippen LogP contribution in [0.15, 0.2) is 12.4 Å². The van der Waals surface area contributed by atoms with E-state index < -0.39 is 0 Å². The van der Waals surface area contributed by atoms with Crippen LogP contribution in [-0.2, 0) is 18.3 Å². The molecule has 6 nitrogen and oxygen atoms in total. The largest absolute Gasteiger partial charge is 0.376 e. The second-order valence-electron chi connectivity index (χ2n) is 5.05. The molecule has 1 atom stereocenters. The number of nitrogens with one attached hydrogen (secondary N) is 1. The van der Waals surface area contributed by atoms with E-state index in [0.29, 0.717) is 13.1 Å². The van der Waals surface area contributed by atoms with Gasteiger partial charge in [-0.25, -0.2) is 4.79 Å². The van der Waals surface area contributed by atoms with Crippen molar-refractivity contribution in [2.45, 2.75) is 31.9 Å². The maximum Gasteiger partial charge on any atom is 0.317 e. The topological polar surface area (TPSA) is 59.4 Å². The van der Waals surface area contributed by atoms with E-state index in [1.165, 1.54) is 6.42 Å². The molecule has 1 fully saturated rings. The molecule has 1 unspecified atom stereocenters. The number of carbonyl (C=O) groups is 1. The van der Waals surface area contributed by atoms with E-state index in [2.05, 4.69) is 10.4 Å². The van der Waals surface area contributed by atoms with Gasteiger partial charge in [0.15, 0.2) is 0 Å². The number of rotatable bonds is 4. The van der Waals surface area contributed by atoms with Gasteiger partial charge in [0.2, 0.25) is 0 Å². The Hall–Kier alpha value is -1.56. The fraction of sp³-hybridized carbons (Fsp3) is 0.692. The highest BCUT2D eigenvalue weighted by atomic mass is 16.5. The third-order valence-electron chi connectivity index (χ3n) is 3.30. The van der Waals surface area contributed by atoms with E-state index in [1.807, 2.05) is 13.2 Å². The Morgan fingerprint density at radius 2 is 2.47 bits per heavy atom. The molecule has 1 N–H and O–H groups in total. The number of aromatic nitrogens is 2. The van der Waals surface area contributed by atoms with Crippen LogP contribution >= 0.6 is 0 Å². The van der Waals surface area contributed by atoms with Gasteiger partial charge < -0.3 is 15.0 Å². The van der Waals surface area contributed by atoms with Gasteiger partial charge in [-0.2, -0.15) is 5.10 Å². The molecule has 1 aliphatic rings. The molecule has 0 aromatic carbocycles. The van der Waals surface area contributed by atoms with E-state index in [4.69, 9.17) is 4.74 Å². The van der Waals surface area contributed by atoms with Crippen LogP contribution in [-0.4, -0.2) is 47.0 Å². The summed E-state index contributed by atoms with van der Waals surface area (Å²) in [6.45, 7) is 1.97. The van der Waals surface area contributed by atoms with Crippen molar-refractivity contribution in [2.75, 3.05) is 20.2 Å². The highest BCUT2D eigenvalue weighted by Gasteiger charge is 2.18. The standard InChI is InChI=1S/C13H22N4O2/c1-16(10-12-5-3-4-6-19-12)13(18)14-7-11-8-15-17(2)9-11/h8-9,12H,3-7,10H2,1-2H3,(H,14,18). The quantitative estimate of drug-likeness (QED) is 0.888. The van der Waals surface area contributed by atoms with Crippen LogP contribution < -0.4 is 5.32 Å². The van der Waals surface area contributed by atoms with Crippen LogP contribution in [0.3, 0.4) is 0 Å². The molecule has 1 aromatic rings. The van der Waals surface area contributed by atoms with Crippen molar-refractivity contribution < 1.29 is 9.53 Å². The van der Waals surface area contributed by atoms with Crippen LogP contribution in [0, 0.1) is 0 Å². The zero-order valence-corrected chi connectivity index (χ0v) is 11.6. The molecule has 6 heteroatoms. The molecule has 1 saturated heterocycles. The van der Waals surface area contributed by atoms with Crippen LogP contribution in [0.5, 0.6) is 0 Å². The zero-order chi connectivity index (χ0) is 13.7. The van der Waals surface area contributed by atoms with Crippen molar-refractivity contribution in [2.24, 2.45) is 7.05 Å². The minimum Gasteiger partial charge on any atom is -0.376 e. The number of urea groups is 1. The number of nitrogens with zero attached hydrogens (tertiary/aromatic N) is 3. The van der Waals surface area contributed by atoms with Crippen LogP contribution in [0.4, 0.5) is 4.79 Å². The minimum absolute atomic E-state index is 0.0713. The molecule has 106 valence electrons. The highest BCUT2D eigenvalue weighted by molar-refractivity contribution is 5.73. The maximum absolute atomic E-state index is 11.9. The lowest BCUT2D eigenvalue weighted by Crippen LogP contribution is -2.42. The van der Waals surface area contributed by atoms with Crippen LogP contribution in [0.2, 0.25) is 0 Å². The Morgan fingerprint density at radius 3 is 3.11 bits per heavy atom. The second-order valence-corrected chi connectivity index (χ2v) is 5.05. The number of aryl methyl sites for hydroxylation is 1. The van der Waals surface area contributed by atoms with Gasteiger partial charge in [0.05, 0.1) is 12.3 Å². The molecule has 2 amide bonds. The maximum atomic E-state index is 11.9. The fourth-order valence-electron chi connectivity index (χ4n) is 2.22. The number of carbonyl (C=O) groups excluding carboxylic acids is 1. The number of amides is 2. The van der Waals surface area contributed by atoms with E-state index >= 15 is 0 Å². The van der Waals surface area contributed by atoms with Crippen molar-refractivity contribution in [3.63, 3.8) is 0 Å². The first-order chi connectivity index (χ1) is 9.15. The smallest absolute Gasteiger partial charge is 0.317 e. The summed E-state index contributed by atoms with van der Waals surface area (Å²) in [6.07, 6.45) is 7.20. The van der Waals surface area contributed by atoms with Crippen molar-refractivity contribution in [3.05, 3.63) is 18.0 Å². The van der Waals surface area contributed by atoms with Crippen LogP contribution in [0.1, 0.15) is 24.8 Å². The Bertz CT molecular complexity index is 413. The van der Waals surface area contributed by atoms with E-state index in [0.717, 1.165) is 25.0 Å². The van der Waals surface area contributed by atoms with Crippen molar-refractivity contribution in [3.8, 4) is 0 Å². The van der Waals surface area contributed by atoms with Crippen molar-refractivity contribution in [1.29, 1.82) is 0 Å². The first-order valence-corrected chi connectivity index (χ1v) is 6.73. The summed E-state index contributed by atoms with van der Waals surface area (Å²) in [6, 6.07) is -0.0713. The molecule has 1 aliphatic heterocycles. The Labute approximate surface area is 113 Å². The molecule has 0 bridgehead atoms. The number of hydrogen-bond acceptors (Lipinski definition) is 3. The van der Waals surface area contributed by atoms with Gasteiger partial charge in [-0.1, -0.05) is 0 Å². The van der Waals surface area contributed by atoms with E-state index in [-0.39, 0.29) is 12.1 Å². The average molecular weight is 266 g/mol. The Kier molecular flexibility index (Phi) is 4.79. The second kappa shape index (κ2) is 6.56. The normalized spacial score (nSPS) is 19.2. The van der Waals surface area contributed by atoms with Gasteiger partial charge >= 0.3 is 6.03 Å². The molecule has 2 rings (SSSR count). The molecule has 1 aromatic heterocycles. The molecule has 19 heavy (non-hydrogen) atoms. The van der Waals surface area contributed by atoms with Gasteiger partial charge in [0.25, 0.3) is 0 Å². The fourth-order valence-corrected chi connectivity index (χ4v) is 2.22. The van der Waals surface area contributed by atoms with Crippen molar-refractivity contribution in [1.82, 2.24) is 20.0 Å². The number of ether oxygens (including phenoxy) is 1. The Morgan fingerprint density at radius 1 is 1.63 bits per heavy atom. The third kappa shape index (κ3) is 4.24. The van der Waals surface area contributed by atoms with E-state index in [1.54, 1.807) is 22.8 Å². The molecular weight excluding hydrogens is 244 g/mol. The third-order valence-corrected chi connectivity index (χ3v) is 3.30. The summed E-state index contributed by atoms with van der Waals surface area (Å²) < 4.78 is 7.35. The number of likely N-dealkylation sites (N-methyl/N-ethyl adjacent to an activating group) is 1. The molecular formula is C13H22N4O2. The van der Waals surface area contributed by atoms with Gasteiger partial charge in [-0.05, 0) is 19.3 Å². The van der Waals surface area contributed by atoms with Gasteiger partial charge in [-0.15, -0.1) is 0 Å². The average Bonchev–Trinajstić information content (AvgIpc) is 2.83. The van der Waals surface area contributed by atoms with E-state index in [9.17, 15) is 4.79 Å². The molecule has 0 radical (unpaired) electrons. The predicted octanol–water partition coefficient (Wildman–Crippen LogP) is 1.13. The molecule has 0 saturated carbocycles. The van der Waals surface area contributed by atoms with Gasteiger partial charge in [0.1, 0.15) is 0 Å². The van der Waals surface area contributed by atoms with Crippen LogP contribution in [0.25, 0.3) is 0 Å². The lowest BCUT2D eigenvalue weighted by Gasteiger charge is -2.27. The Balaban J connectivity index is 1.72. The first kappa shape index (κ1) is 13.9. The SMILES string of the molecule is CN(CC1CCCCO1)C(=O)NCc1cnn(C)c1. The summed E-state index contributed by atoms with van der Waals surface area (Å²) in [4.78, 5) is 13.6. The predicted molar refractivity (Wildman–Crippen MR) is 71.7 cm³/mol. The lowest BCUT2D eigenvalue weighted by molar-refractivity contribution is 0.00385. The molecule has 0 spiro atoms. The van der Waals surface area contributed by atoms with Gasteiger partial charge in [-0.3, -0.25) is 4.68 Å². The minimum atomic E-state index is -0.0713. The monoisotopic (exact) mass is 266 g/mol. The lowest BCUT2D eigenvalue weighted by atomic mass is 10.1. The highest BCUT2D eigenvalue weighted by Crippen LogP contribution is 2.13. The summed E-state index contributed by atoms with van der Waals surface area (Å²) >= 11 is 0. The first-order valence-electron chi connectivity index (χ1n) is 6.73. The summed E-state index contributed by atoms with van der Waals surface area (Å²) in [7, 11) is 3.66.